The fourth-order valence-corrected chi connectivity index (χ4v) is 1.83. The molecule has 18 heavy (non-hydrogen) atoms. The van der Waals surface area contributed by atoms with Crippen LogP contribution in [0.15, 0.2) is 41.7 Å². The van der Waals surface area contributed by atoms with Crippen molar-refractivity contribution in [2.75, 3.05) is 18.7 Å². The van der Waals surface area contributed by atoms with Crippen molar-refractivity contribution in [3.05, 3.63) is 42.1 Å². The molecule has 0 fully saturated rings. The third-order valence-electron chi connectivity index (χ3n) is 2.45. The Bertz CT molecular complexity index is 502. The summed E-state index contributed by atoms with van der Waals surface area (Å²) in [6.07, 6.45) is 3.72. The normalized spacial score (nSPS) is 10.1. The number of hydrogen-bond donors (Lipinski definition) is 1. The van der Waals surface area contributed by atoms with Crippen molar-refractivity contribution in [1.29, 1.82) is 0 Å². The molecule has 2 rings (SSSR count). The molecule has 0 aliphatic rings. The van der Waals surface area contributed by atoms with Crippen LogP contribution in [0.4, 0.5) is 5.82 Å². The maximum Gasteiger partial charge on any atom is 0.189 e. The first-order valence-corrected chi connectivity index (χ1v) is 6.78. The first-order valence-electron chi connectivity index (χ1n) is 5.55. The summed E-state index contributed by atoms with van der Waals surface area (Å²) in [6, 6.07) is 9.82. The fraction of sp³-hybridized carbons (Fsp3) is 0.231. The number of methoxy groups -OCH3 is 1. The lowest BCUT2D eigenvalue weighted by atomic mass is 10.2. The van der Waals surface area contributed by atoms with Gasteiger partial charge in [-0.05, 0) is 30.0 Å². The monoisotopic (exact) mass is 261 g/mol. The van der Waals surface area contributed by atoms with Gasteiger partial charge in [0.05, 0.1) is 7.11 Å². The number of benzene rings is 1. The molecule has 0 aliphatic carbocycles. The van der Waals surface area contributed by atoms with Crippen molar-refractivity contribution in [2.24, 2.45) is 0 Å². The Labute approximate surface area is 111 Å². The van der Waals surface area contributed by atoms with Crippen molar-refractivity contribution in [2.45, 2.75) is 11.7 Å². The number of ether oxygens (including phenoxy) is 1. The van der Waals surface area contributed by atoms with Gasteiger partial charge in [0.15, 0.2) is 5.16 Å². The summed E-state index contributed by atoms with van der Waals surface area (Å²) < 4.78 is 5.12. The van der Waals surface area contributed by atoms with Gasteiger partial charge in [-0.3, -0.25) is 0 Å². The summed E-state index contributed by atoms with van der Waals surface area (Å²) in [6.45, 7) is 0.731. The summed E-state index contributed by atoms with van der Waals surface area (Å²) in [5.41, 5.74) is 1.18. The van der Waals surface area contributed by atoms with E-state index in [1.807, 2.05) is 36.6 Å². The minimum Gasteiger partial charge on any atom is -0.497 e. The van der Waals surface area contributed by atoms with E-state index in [-0.39, 0.29) is 0 Å². The molecule has 0 aliphatic heterocycles. The number of anilines is 1. The van der Waals surface area contributed by atoms with Gasteiger partial charge in [-0.2, -0.15) is 0 Å². The van der Waals surface area contributed by atoms with Gasteiger partial charge in [-0.1, -0.05) is 23.9 Å². The molecule has 0 radical (unpaired) electrons. The van der Waals surface area contributed by atoms with Gasteiger partial charge >= 0.3 is 0 Å². The Morgan fingerprint density at radius 2 is 2.00 bits per heavy atom. The molecule has 2 aromatic rings. The van der Waals surface area contributed by atoms with Crippen LogP contribution >= 0.6 is 11.8 Å². The predicted molar refractivity (Wildman–Crippen MR) is 74.1 cm³/mol. The maximum atomic E-state index is 5.12. The van der Waals surface area contributed by atoms with Crippen molar-refractivity contribution in [3.63, 3.8) is 0 Å². The van der Waals surface area contributed by atoms with Crippen LogP contribution in [0, 0.1) is 0 Å². The van der Waals surface area contributed by atoms with Crippen molar-refractivity contribution >= 4 is 17.6 Å². The molecule has 0 unspecified atom stereocenters. The van der Waals surface area contributed by atoms with Crippen molar-refractivity contribution in [3.8, 4) is 5.75 Å². The molecule has 5 heteroatoms. The van der Waals surface area contributed by atoms with E-state index in [2.05, 4.69) is 15.3 Å². The molecule has 0 spiro atoms. The highest BCUT2D eigenvalue weighted by Crippen LogP contribution is 2.14. The standard InChI is InChI=1S/C13H15N3OS/c1-17-11-5-3-10(4-6-11)9-15-12-7-8-14-13(16-12)18-2/h3-8H,9H2,1-2H3,(H,14,15,16). The van der Waals surface area contributed by atoms with Gasteiger partial charge < -0.3 is 10.1 Å². The highest BCUT2D eigenvalue weighted by Gasteiger charge is 1.98. The van der Waals surface area contributed by atoms with E-state index in [9.17, 15) is 0 Å². The van der Waals surface area contributed by atoms with Crippen LogP contribution in [-0.2, 0) is 6.54 Å². The zero-order chi connectivity index (χ0) is 12.8. The number of nitrogens with zero attached hydrogens (tertiary/aromatic N) is 2. The molecular weight excluding hydrogens is 246 g/mol. The molecule has 0 saturated carbocycles. The van der Waals surface area contributed by atoms with Gasteiger partial charge in [-0.25, -0.2) is 9.97 Å². The van der Waals surface area contributed by atoms with E-state index >= 15 is 0 Å². The molecule has 0 atom stereocenters. The second kappa shape index (κ2) is 6.26. The van der Waals surface area contributed by atoms with Crippen LogP contribution in [0.2, 0.25) is 0 Å². The fourth-order valence-electron chi connectivity index (χ4n) is 1.47. The average Bonchev–Trinajstić information content (AvgIpc) is 2.46. The molecule has 1 aromatic carbocycles. The lowest BCUT2D eigenvalue weighted by Gasteiger charge is -2.07. The summed E-state index contributed by atoms with van der Waals surface area (Å²) in [7, 11) is 1.66. The lowest BCUT2D eigenvalue weighted by Crippen LogP contribution is -2.02. The highest BCUT2D eigenvalue weighted by molar-refractivity contribution is 7.98. The zero-order valence-corrected chi connectivity index (χ0v) is 11.2. The quantitative estimate of drug-likeness (QED) is 0.662. The second-order valence-corrected chi connectivity index (χ2v) is 4.40. The van der Waals surface area contributed by atoms with Crippen LogP contribution in [0.5, 0.6) is 5.75 Å². The van der Waals surface area contributed by atoms with E-state index in [1.54, 1.807) is 13.3 Å². The predicted octanol–water partition coefficient (Wildman–Crippen LogP) is 2.82. The number of hydrogen-bond acceptors (Lipinski definition) is 5. The Hall–Kier alpha value is -1.75. The van der Waals surface area contributed by atoms with Crippen molar-refractivity contribution < 1.29 is 4.74 Å². The summed E-state index contributed by atoms with van der Waals surface area (Å²) in [5.74, 6) is 1.70. The minimum absolute atomic E-state index is 0.731. The Morgan fingerprint density at radius 3 is 2.67 bits per heavy atom. The molecule has 1 heterocycles. The van der Waals surface area contributed by atoms with E-state index in [0.29, 0.717) is 0 Å². The number of aromatic nitrogens is 2. The average molecular weight is 261 g/mol. The van der Waals surface area contributed by atoms with Gasteiger partial charge in [0.2, 0.25) is 0 Å². The van der Waals surface area contributed by atoms with Gasteiger partial charge in [0.25, 0.3) is 0 Å². The van der Waals surface area contributed by atoms with Crippen LogP contribution in [0.3, 0.4) is 0 Å². The molecule has 94 valence electrons. The third kappa shape index (κ3) is 3.37. The Morgan fingerprint density at radius 1 is 1.22 bits per heavy atom. The molecule has 1 aromatic heterocycles. The summed E-state index contributed by atoms with van der Waals surface area (Å²) in [5, 5.41) is 4.04. The lowest BCUT2D eigenvalue weighted by molar-refractivity contribution is 0.414. The largest absolute Gasteiger partial charge is 0.497 e. The topological polar surface area (TPSA) is 47.0 Å². The van der Waals surface area contributed by atoms with Gasteiger partial charge in [-0.15, -0.1) is 0 Å². The smallest absolute Gasteiger partial charge is 0.189 e. The first-order chi connectivity index (χ1) is 8.81. The van der Waals surface area contributed by atoms with Crippen LogP contribution in [-0.4, -0.2) is 23.3 Å². The number of thioether (sulfide) groups is 1. The highest BCUT2D eigenvalue weighted by atomic mass is 32.2. The van der Waals surface area contributed by atoms with Gasteiger partial charge in [0.1, 0.15) is 11.6 Å². The molecule has 1 N–H and O–H groups in total. The number of rotatable bonds is 5. The third-order valence-corrected chi connectivity index (χ3v) is 3.01. The van der Waals surface area contributed by atoms with Gasteiger partial charge in [0, 0.05) is 12.7 Å². The SMILES string of the molecule is COc1ccc(CNc2ccnc(SC)n2)cc1. The van der Waals surface area contributed by atoms with Crippen molar-refractivity contribution in [1.82, 2.24) is 9.97 Å². The molecule has 0 saturated heterocycles. The number of nitrogens with one attached hydrogen (secondary N) is 1. The second-order valence-electron chi connectivity index (χ2n) is 3.63. The van der Waals surface area contributed by atoms with Crippen LogP contribution in [0.25, 0.3) is 0 Å². The zero-order valence-electron chi connectivity index (χ0n) is 10.4. The van der Waals surface area contributed by atoms with Crippen LogP contribution < -0.4 is 10.1 Å². The van der Waals surface area contributed by atoms with E-state index in [1.165, 1.54) is 17.3 Å². The summed E-state index contributed by atoms with van der Waals surface area (Å²) in [4.78, 5) is 8.49. The molecule has 4 nitrogen and oxygen atoms in total. The van der Waals surface area contributed by atoms with E-state index < -0.39 is 0 Å². The summed E-state index contributed by atoms with van der Waals surface area (Å²) >= 11 is 1.53. The Balaban J connectivity index is 1.97. The molecular formula is C13H15N3OS. The Kier molecular flexibility index (Phi) is 4.41. The first kappa shape index (κ1) is 12.7. The van der Waals surface area contributed by atoms with E-state index in [4.69, 9.17) is 4.74 Å². The molecule has 0 amide bonds. The maximum absolute atomic E-state index is 5.12. The molecule has 0 bridgehead atoms. The van der Waals surface area contributed by atoms with Crippen LogP contribution in [0.1, 0.15) is 5.56 Å². The minimum atomic E-state index is 0.731. The van der Waals surface area contributed by atoms with E-state index in [0.717, 1.165) is 23.3 Å².